The van der Waals surface area contributed by atoms with Crippen LogP contribution >= 0.6 is 0 Å². The molecule has 1 fully saturated rings. The molecule has 21 heavy (non-hydrogen) atoms. The monoisotopic (exact) mass is 285 g/mol. The highest BCUT2D eigenvalue weighted by molar-refractivity contribution is 5.32. The highest BCUT2D eigenvalue weighted by Gasteiger charge is 2.38. The van der Waals surface area contributed by atoms with E-state index in [1.165, 1.54) is 12.7 Å². The highest BCUT2D eigenvalue weighted by Crippen LogP contribution is 2.42. The SMILES string of the molecule is COc1ccc(C(C)NC2CC2c2ccccc2)cc1F. The molecule has 3 unspecified atom stereocenters. The van der Waals surface area contributed by atoms with Crippen LogP contribution in [0, 0.1) is 5.82 Å². The maximum atomic E-state index is 13.8. The van der Waals surface area contributed by atoms with Crippen molar-refractivity contribution in [1.82, 2.24) is 5.32 Å². The van der Waals surface area contributed by atoms with Crippen LogP contribution in [0.1, 0.15) is 36.4 Å². The summed E-state index contributed by atoms with van der Waals surface area (Å²) in [5.74, 6) is 0.565. The molecular formula is C18H20FNO. The van der Waals surface area contributed by atoms with Gasteiger partial charge in [-0.1, -0.05) is 36.4 Å². The maximum absolute atomic E-state index is 13.8. The molecule has 0 radical (unpaired) electrons. The summed E-state index contributed by atoms with van der Waals surface area (Å²) in [5, 5.41) is 3.58. The lowest BCUT2D eigenvalue weighted by Crippen LogP contribution is -2.22. The van der Waals surface area contributed by atoms with Crippen molar-refractivity contribution in [2.45, 2.75) is 31.3 Å². The first-order chi connectivity index (χ1) is 10.2. The minimum absolute atomic E-state index is 0.129. The number of methoxy groups -OCH3 is 1. The molecule has 3 heteroatoms. The number of hydrogen-bond acceptors (Lipinski definition) is 2. The molecule has 2 aromatic carbocycles. The van der Waals surface area contributed by atoms with Gasteiger partial charge in [0.05, 0.1) is 7.11 Å². The maximum Gasteiger partial charge on any atom is 0.165 e. The second kappa shape index (κ2) is 5.86. The average Bonchev–Trinajstić information content (AvgIpc) is 3.27. The number of benzene rings is 2. The van der Waals surface area contributed by atoms with Crippen molar-refractivity contribution in [2.24, 2.45) is 0 Å². The lowest BCUT2D eigenvalue weighted by Gasteiger charge is -2.15. The first-order valence-electron chi connectivity index (χ1n) is 7.33. The Morgan fingerprint density at radius 2 is 1.95 bits per heavy atom. The molecule has 0 spiro atoms. The molecule has 0 saturated heterocycles. The van der Waals surface area contributed by atoms with Crippen LogP contribution in [0.15, 0.2) is 48.5 Å². The van der Waals surface area contributed by atoms with Crippen LogP contribution in [0.5, 0.6) is 5.75 Å². The van der Waals surface area contributed by atoms with Gasteiger partial charge in [-0.15, -0.1) is 0 Å². The number of nitrogens with one attached hydrogen (secondary N) is 1. The van der Waals surface area contributed by atoms with Gasteiger partial charge in [-0.05, 0) is 36.6 Å². The zero-order valence-corrected chi connectivity index (χ0v) is 12.3. The average molecular weight is 285 g/mol. The van der Waals surface area contributed by atoms with Crippen molar-refractivity contribution in [1.29, 1.82) is 0 Å². The molecular weight excluding hydrogens is 265 g/mol. The predicted octanol–water partition coefficient (Wildman–Crippen LogP) is 4.04. The Morgan fingerprint density at radius 1 is 1.19 bits per heavy atom. The molecule has 3 atom stereocenters. The zero-order chi connectivity index (χ0) is 14.8. The fourth-order valence-corrected chi connectivity index (χ4v) is 2.82. The Bertz CT molecular complexity index is 614. The molecule has 0 heterocycles. The van der Waals surface area contributed by atoms with Gasteiger partial charge in [0.15, 0.2) is 11.6 Å². The second-order valence-corrected chi connectivity index (χ2v) is 5.64. The minimum Gasteiger partial charge on any atom is -0.494 e. The Labute approximate surface area is 125 Å². The van der Waals surface area contributed by atoms with Crippen LogP contribution in [0.25, 0.3) is 0 Å². The molecule has 0 aliphatic heterocycles. The standard InChI is InChI=1S/C18H20FNO/c1-12(14-8-9-18(21-2)16(19)10-14)20-17-11-15(17)13-6-4-3-5-7-13/h3-10,12,15,17,20H,11H2,1-2H3. The fraction of sp³-hybridized carbons (Fsp3) is 0.333. The van der Waals surface area contributed by atoms with E-state index in [1.807, 2.05) is 12.1 Å². The van der Waals surface area contributed by atoms with E-state index in [1.54, 1.807) is 12.1 Å². The van der Waals surface area contributed by atoms with E-state index in [4.69, 9.17) is 4.74 Å². The summed E-state index contributed by atoms with van der Waals surface area (Å²) in [7, 11) is 1.48. The van der Waals surface area contributed by atoms with Crippen molar-refractivity contribution >= 4 is 0 Å². The van der Waals surface area contributed by atoms with E-state index >= 15 is 0 Å². The van der Waals surface area contributed by atoms with E-state index in [0.717, 1.165) is 12.0 Å². The fourth-order valence-electron chi connectivity index (χ4n) is 2.82. The molecule has 0 aromatic heterocycles. The van der Waals surface area contributed by atoms with Gasteiger partial charge in [0.2, 0.25) is 0 Å². The van der Waals surface area contributed by atoms with Crippen molar-refractivity contribution in [3.05, 3.63) is 65.5 Å². The number of rotatable bonds is 5. The zero-order valence-electron chi connectivity index (χ0n) is 12.3. The van der Waals surface area contributed by atoms with Crippen LogP contribution in [-0.4, -0.2) is 13.2 Å². The van der Waals surface area contributed by atoms with Gasteiger partial charge < -0.3 is 10.1 Å². The summed E-state index contributed by atoms with van der Waals surface area (Å²) >= 11 is 0. The summed E-state index contributed by atoms with van der Waals surface area (Å²) in [6, 6.07) is 16.3. The van der Waals surface area contributed by atoms with Gasteiger partial charge >= 0.3 is 0 Å². The molecule has 1 aliphatic carbocycles. The van der Waals surface area contributed by atoms with Crippen LogP contribution < -0.4 is 10.1 Å². The van der Waals surface area contributed by atoms with Crippen molar-refractivity contribution < 1.29 is 9.13 Å². The van der Waals surface area contributed by atoms with Gasteiger partial charge in [-0.3, -0.25) is 0 Å². The van der Waals surface area contributed by atoms with Gasteiger partial charge in [0.1, 0.15) is 0 Å². The van der Waals surface area contributed by atoms with Gasteiger partial charge in [0, 0.05) is 18.0 Å². The molecule has 3 rings (SSSR count). The van der Waals surface area contributed by atoms with Crippen molar-refractivity contribution in [3.63, 3.8) is 0 Å². The van der Waals surface area contributed by atoms with E-state index < -0.39 is 0 Å². The van der Waals surface area contributed by atoms with Gasteiger partial charge in [-0.25, -0.2) is 4.39 Å². The third-order valence-electron chi connectivity index (χ3n) is 4.16. The van der Waals surface area contributed by atoms with Gasteiger partial charge in [0.25, 0.3) is 0 Å². The molecule has 0 bridgehead atoms. The van der Waals surface area contributed by atoms with E-state index in [0.29, 0.717) is 17.7 Å². The van der Waals surface area contributed by atoms with Crippen LogP contribution in [0.2, 0.25) is 0 Å². The van der Waals surface area contributed by atoms with E-state index in [9.17, 15) is 4.39 Å². The Hall–Kier alpha value is -1.87. The highest BCUT2D eigenvalue weighted by atomic mass is 19.1. The van der Waals surface area contributed by atoms with E-state index in [-0.39, 0.29) is 11.9 Å². The molecule has 2 nitrogen and oxygen atoms in total. The van der Waals surface area contributed by atoms with Crippen molar-refractivity contribution in [3.8, 4) is 5.75 Å². The third-order valence-corrected chi connectivity index (χ3v) is 4.16. The molecule has 2 aromatic rings. The molecule has 1 aliphatic rings. The largest absolute Gasteiger partial charge is 0.494 e. The summed E-state index contributed by atoms with van der Waals surface area (Å²) in [6.45, 7) is 2.07. The minimum atomic E-state index is -0.306. The van der Waals surface area contributed by atoms with Gasteiger partial charge in [-0.2, -0.15) is 0 Å². The number of halogens is 1. The Morgan fingerprint density at radius 3 is 2.62 bits per heavy atom. The summed E-state index contributed by atoms with van der Waals surface area (Å²) in [6.07, 6.45) is 1.15. The van der Waals surface area contributed by atoms with Crippen molar-refractivity contribution in [2.75, 3.05) is 7.11 Å². The summed E-state index contributed by atoms with van der Waals surface area (Å²) < 4.78 is 18.7. The van der Waals surface area contributed by atoms with Crippen LogP contribution in [0.3, 0.4) is 0 Å². The predicted molar refractivity (Wildman–Crippen MR) is 82.1 cm³/mol. The Kier molecular flexibility index (Phi) is 3.93. The lowest BCUT2D eigenvalue weighted by molar-refractivity contribution is 0.385. The first-order valence-corrected chi connectivity index (χ1v) is 7.33. The lowest BCUT2D eigenvalue weighted by atomic mass is 10.1. The smallest absolute Gasteiger partial charge is 0.165 e. The number of ether oxygens (including phenoxy) is 1. The summed E-state index contributed by atoms with van der Waals surface area (Å²) in [4.78, 5) is 0. The van der Waals surface area contributed by atoms with Crippen LogP contribution in [-0.2, 0) is 0 Å². The second-order valence-electron chi connectivity index (χ2n) is 5.64. The van der Waals surface area contributed by atoms with Crippen LogP contribution in [0.4, 0.5) is 4.39 Å². The summed E-state index contributed by atoms with van der Waals surface area (Å²) in [5.41, 5.74) is 2.33. The third kappa shape index (κ3) is 3.08. The van der Waals surface area contributed by atoms with E-state index in [2.05, 4.69) is 36.5 Å². The molecule has 0 amide bonds. The molecule has 1 N–H and O–H groups in total. The topological polar surface area (TPSA) is 21.3 Å². The Balaban J connectivity index is 1.63. The quantitative estimate of drug-likeness (QED) is 0.895. The first kappa shape index (κ1) is 14.1. The molecule has 110 valence electrons. The molecule has 1 saturated carbocycles. The number of hydrogen-bond donors (Lipinski definition) is 1. The normalized spacial score (nSPS) is 21.9.